The third kappa shape index (κ3) is 4.13. The highest BCUT2D eigenvalue weighted by molar-refractivity contribution is 5.81. The summed E-state index contributed by atoms with van der Waals surface area (Å²) in [5.41, 5.74) is 0.915. The highest BCUT2D eigenvalue weighted by Crippen LogP contribution is 2.17. The van der Waals surface area contributed by atoms with Gasteiger partial charge in [0.15, 0.2) is 0 Å². The van der Waals surface area contributed by atoms with Crippen LogP contribution in [0.15, 0.2) is 24.3 Å². The van der Waals surface area contributed by atoms with Gasteiger partial charge < -0.3 is 19.9 Å². The number of anilines is 1. The zero-order valence-corrected chi connectivity index (χ0v) is 12.3. The lowest BCUT2D eigenvalue weighted by atomic mass is 10.3. The predicted molar refractivity (Wildman–Crippen MR) is 80.2 cm³/mol. The topological polar surface area (TPSA) is 44.8 Å². The molecule has 0 saturated carbocycles. The molecule has 1 saturated heterocycles. The van der Waals surface area contributed by atoms with E-state index in [1.54, 1.807) is 0 Å². The van der Waals surface area contributed by atoms with Gasteiger partial charge in [0.1, 0.15) is 5.75 Å². The first-order chi connectivity index (χ1) is 9.69. The molecule has 0 spiro atoms. The van der Waals surface area contributed by atoms with Crippen molar-refractivity contribution in [2.75, 3.05) is 51.7 Å². The summed E-state index contributed by atoms with van der Waals surface area (Å²) in [5.74, 6) is 0.976. The van der Waals surface area contributed by atoms with Crippen LogP contribution in [0.2, 0.25) is 0 Å². The number of ether oxygens (including phenoxy) is 1. The Bertz CT molecular complexity index is 442. The molecule has 0 bridgehead atoms. The van der Waals surface area contributed by atoms with Crippen molar-refractivity contribution < 1.29 is 9.53 Å². The molecule has 2 rings (SSSR count). The molecule has 20 heavy (non-hydrogen) atoms. The second-order valence-corrected chi connectivity index (χ2v) is 5.00. The van der Waals surface area contributed by atoms with E-state index in [9.17, 15) is 4.79 Å². The Hall–Kier alpha value is -1.75. The second-order valence-electron chi connectivity index (χ2n) is 5.00. The Labute approximate surface area is 120 Å². The summed E-state index contributed by atoms with van der Waals surface area (Å²) in [6.45, 7) is 6.46. The maximum Gasteiger partial charge on any atom is 0.241 e. The number of nitrogens with zero attached hydrogens (tertiary/aromatic N) is 2. The van der Waals surface area contributed by atoms with Crippen molar-refractivity contribution in [1.29, 1.82) is 0 Å². The van der Waals surface area contributed by atoms with Crippen LogP contribution >= 0.6 is 0 Å². The summed E-state index contributed by atoms with van der Waals surface area (Å²) in [6.07, 6.45) is 0. The van der Waals surface area contributed by atoms with Crippen molar-refractivity contribution in [1.82, 2.24) is 9.80 Å². The number of hydrogen-bond donors (Lipinski definition) is 1. The summed E-state index contributed by atoms with van der Waals surface area (Å²) in [6, 6.07) is 7.70. The van der Waals surface area contributed by atoms with Crippen LogP contribution < -0.4 is 10.1 Å². The van der Waals surface area contributed by atoms with E-state index >= 15 is 0 Å². The SMILES string of the molecule is CCOc1cccc(NCC(=O)N2CCN(C)CC2)c1. The number of amides is 1. The smallest absolute Gasteiger partial charge is 0.241 e. The van der Waals surface area contributed by atoms with Crippen LogP contribution in [0.25, 0.3) is 0 Å². The van der Waals surface area contributed by atoms with Gasteiger partial charge in [0.05, 0.1) is 13.2 Å². The van der Waals surface area contributed by atoms with Gasteiger partial charge in [0, 0.05) is 37.9 Å². The lowest BCUT2D eigenvalue weighted by Crippen LogP contribution is -2.48. The molecule has 0 radical (unpaired) electrons. The lowest BCUT2D eigenvalue weighted by Gasteiger charge is -2.32. The van der Waals surface area contributed by atoms with Crippen LogP contribution in [0.5, 0.6) is 5.75 Å². The fraction of sp³-hybridized carbons (Fsp3) is 0.533. The Balaban J connectivity index is 1.82. The number of carbonyl (C=O) groups is 1. The van der Waals surface area contributed by atoms with Gasteiger partial charge in [-0.1, -0.05) is 6.07 Å². The molecule has 5 heteroatoms. The molecule has 1 aromatic carbocycles. The molecule has 110 valence electrons. The molecule has 1 aromatic rings. The van der Waals surface area contributed by atoms with Crippen molar-refractivity contribution in [3.05, 3.63) is 24.3 Å². The molecular formula is C15H23N3O2. The van der Waals surface area contributed by atoms with Crippen LogP contribution in [0.1, 0.15) is 6.92 Å². The van der Waals surface area contributed by atoms with Crippen LogP contribution in [-0.4, -0.2) is 62.1 Å². The number of hydrogen-bond acceptors (Lipinski definition) is 4. The van der Waals surface area contributed by atoms with Gasteiger partial charge in [-0.2, -0.15) is 0 Å². The fourth-order valence-electron chi connectivity index (χ4n) is 2.21. The van der Waals surface area contributed by atoms with E-state index in [1.165, 1.54) is 0 Å². The van der Waals surface area contributed by atoms with Crippen LogP contribution in [0.3, 0.4) is 0 Å². The van der Waals surface area contributed by atoms with Crippen molar-refractivity contribution in [3.8, 4) is 5.75 Å². The monoisotopic (exact) mass is 277 g/mol. The fourth-order valence-corrected chi connectivity index (χ4v) is 2.21. The summed E-state index contributed by atoms with van der Waals surface area (Å²) in [7, 11) is 2.08. The van der Waals surface area contributed by atoms with E-state index in [1.807, 2.05) is 36.1 Å². The average Bonchev–Trinajstić information content (AvgIpc) is 2.46. The summed E-state index contributed by atoms with van der Waals surface area (Å²) >= 11 is 0. The molecule has 1 aliphatic rings. The maximum absolute atomic E-state index is 12.1. The van der Waals surface area contributed by atoms with E-state index in [-0.39, 0.29) is 5.91 Å². The average molecular weight is 277 g/mol. The van der Waals surface area contributed by atoms with Crippen molar-refractivity contribution >= 4 is 11.6 Å². The quantitative estimate of drug-likeness (QED) is 0.880. The zero-order valence-electron chi connectivity index (χ0n) is 12.3. The number of rotatable bonds is 5. The molecule has 1 fully saturated rings. The molecule has 0 aromatic heterocycles. The first-order valence-corrected chi connectivity index (χ1v) is 7.12. The minimum Gasteiger partial charge on any atom is -0.494 e. The summed E-state index contributed by atoms with van der Waals surface area (Å²) < 4.78 is 5.44. The van der Waals surface area contributed by atoms with Crippen molar-refractivity contribution in [3.63, 3.8) is 0 Å². The minimum atomic E-state index is 0.153. The predicted octanol–water partition coefficient (Wildman–Crippen LogP) is 1.27. The van der Waals surface area contributed by atoms with Gasteiger partial charge in [0.2, 0.25) is 5.91 Å². The van der Waals surface area contributed by atoms with E-state index in [0.29, 0.717) is 13.2 Å². The maximum atomic E-state index is 12.1. The molecule has 1 aliphatic heterocycles. The minimum absolute atomic E-state index is 0.153. The van der Waals surface area contributed by atoms with Gasteiger partial charge in [-0.15, -0.1) is 0 Å². The molecule has 5 nitrogen and oxygen atoms in total. The zero-order chi connectivity index (χ0) is 14.4. The Morgan fingerprint density at radius 3 is 2.75 bits per heavy atom. The third-order valence-electron chi connectivity index (χ3n) is 3.44. The van der Waals surface area contributed by atoms with Gasteiger partial charge in [-0.05, 0) is 26.1 Å². The number of likely N-dealkylation sites (N-methyl/N-ethyl adjacent to an activating group) is 1. The van der Waals surface area contributed by atoms with E-state index in [0.717, 1.165) is 37.6 Å². The van der Waals surface area contributed by atoms with Crippen molar-refractivity contribution in [2.24, 2.45) is 0 Å². The highest BCUT2D eigenvalue weighted by Gasteiger charge is 2.18. The largest absolute Gasteiger partial charge is 0.494 e. The Kier molecular flexibility index (Phi) is 5.24. The van der Waals surface area contributed by atoms with Crippen LogP contribution in [0, 0.1) is 0 Å². The summed E-state index contributed by atoms with van der Waals surface area (Å²) in [5, 5.41) is 3.17. The normalized spacial score (nSPS) is 16.0. The third-order valence-corrected chi connectivity index (χ3v) is 3.44. The molecule has 1 amide bonds. The van der Waals surface area contributed by atoms with Gasteiger partial charge in [0.25, 0.3) is 0 Å². The number of benzene rings is 1. The first-order valence-electron chi connectivity index (χ1n) is 7.12. The van der Waals surface area contributed by atoms with Gasteiger partial charge >= 0.3 is 0 Å². The molecule has 0 aliphatic carbocycles. The Morgan fingerprint density at radius 2 is 2.05 bits per heavy atom. The molecule has 1 N–H and O–H groups in total. The molecule has 0 unspecified atom stereocenters. The molecule has 1 heterocycles. The Morgan fingerprint density at radius 1 is 1.30 bits per heavy atom. The number of nitrogens with one attached hydrogen (secondary N) is 1. The van der Waals surface area contributed by atoms with E-state index in [2.05, 4.69) is 17.3 Å². The van der Waals surface area contributed by atoms with Crippen LogP contribution in [-0.2, 0) is 4.79 Å². The van der Waals surface area contributed by atoms with Crippen molar-refractivity contribution in [2.45, 2.75) is 6.92 Å². The van der Waals surface area contributed by atoms with Gasteiger partial charge in [-0.3, -0.25) is 4.79 Å². The van der Waals surface area contributed by atoms with E-state index < -0.39 is 0 Å². The highest BCUT2D eigenvalue weighted by atomic mass is 16.5. The van der Waals surface area contributed by atoms with Gasteiger partial charge in [-0.25, -0.2) is 0 Å². The van der Waals surface area contributed by atoms with E-state index in [4.69, 9.17) is 4.74 Å². The first kappa shape index (κ1) is 14.7. The standard InChI is InChI=1S/C15H23N3O2/c1-3-20-14-6-4-5-13(11-14)16-12-15(19)18-9-7-17(2)8-10-18/h4-6,11,16H,3,7-10,12H2,1-2H3. The number of piperazine rings is 1. The second kappa shape index (κ2) is 7.14. The van der Waals surface area contributed by atoms with Crippen LogP contribution in [0.4, 0.5) is 5.69 Å². The lowest BCUT2D eigenvalue weighted by molar-refractivity contribution is -0.130. The summed E-state index contributed by atoms with van der Waals surface area (Å²) in [4.78, 5) is 16.3. The molecular weight excluding hydrogens is 254 g/mol. The number of carbonyl (C=O) groups excluding carboxylic acids is 1. The molecule has 0 atom stereocenters.